The van der Waals surface area contributed by atoms with Crippen molar-refractivity contribution in [2.24, 2.45) is 0 Å². The van der Waals surface area contributed by atoms with E-state index in [9.17, 15) is 35.2 Å². The van der Waals surface area contributed by atoms with E-state index in [0.717, 1.165) is 40.7 Å². The van der Waals surface area contributed by atoms with Crippen LogP contribution in [0.15, 0.2) is 78.0 Å². The van der Waals surface area contributed by atoms with Gasteiger partial charge in [-0.2, -0.15) is 18.3 Å². The van der Waals surface area contributed by atoms with Crippen molar-refractivity contribution in [3.8, 4) is 16.9 Å². The maximum Gasteiger partial charge on any atom is 0.416 e. The van der Waals surface area contributed by atoms with Gasteiger partial charge in [0, 0.05) is 11.8 Å². The number of anilines is 1. The number of hydrogen-bond acceptors (Lipinski definition) is 5. The van der Waals surface area contributed by atoms with Gasteiger partial charge in [0.25, 0.3) is 15.9 Å². The first-order valence-corrected chi connectivity index (χ1v) is 13.1. The molecule has 8 nitrogen and oxygen atoms in total. The smallest absolute Gasteiger partial charge is 0.416 e. The number of alkyl halides is 3. The van der Waals surface area contributed by atoms with Crippen LogP contribution in [0.2, 0.25) is 0 Å². The summed E-state index contributed by atoms with van der Waals surface area (Å²) in [6, 6.07) is 9.99. The van der Waals surface area contributed by atoms with Crippen molar-refractivity contribution in [2.75, 3.05) is 17.4 Å². The number of ether oxygens (including phenoxy) is 1. The van der Waals surface area contributed by atoms with Gasteiger partial charge in [-0.15, -0.1) is 0 Å². The topological polar surface area (TPSA) is 104 Å². The third-order valence-electron chi connectivity index (χ3n) is 6.13. The molecule has 0 unspecified atom stereocenters. The average molecular weight is 579 g/mol. The maximum absolute atomic E-state index is 14.5. The quantitative estimate of drug-likeness (QED) is 0.321. The minimum absolute atomic E-state index is 0.00456. The normalized spacial score (nSPS) is 15.3. The van der Waals surface area contributed by atoms with Gasteiger partial charge in [0.15, 0.2) is 0 Å². The number of rotatable bonds is 6. The fraction of sp³-hybridized carbons (Fsp3) is 0.154. The molecular weight excluding hydrogens is 559 g/mol. The SMILES string of the molecule is O=C(NC[C@H]1CN(S(=O)(=O)c2cccc(C(F)(F)F)c2)c2cc(-c3cc(F)ccc3F)ccc2O1)c1cn[nH]c1. The van der Waals surface area contributed by atoms with Crippen molar-refractivity contribution >= 4 is 21.6 Å². The number of carbonyl (C=O) groups excluding carboxylic acids is 1. The molecule has 1 amide bonds. The second kappa shape index (κ2) is 10.3. The fourth-order valence-corrected chi connectivity index (χ4v) is 5.72. The molecule has 2 N–H and O–H groups in total. The second-order valence-corrected chi connectivity index (χ2v) is 10.7. The average Bonchev–Trinajstić information content (AvgIpc) is 3.47. The van der Waals surface area contributed by atoms with Gasteiger partial charge in [-0.05, 0) is 54.1 Å². The number of carbonyl (C=O) groups is 1. The van der Waals surface area contributed by atoms with Crippen LogP contribution < -0.4 is 14.4 Å². The molecule has 4 aromatic rings. The first-order valence-electron chi connectivity index (χ1n) is 11.7. The summed E-state index contributed by atoms with van der Waals surface area (Å²) in [5, 5.41) is 8.76. The standard InChI is InChI=1S/C26H19F5N4O4S/c27-18-5-6-22(28)21(10-18)15-4-7-24-23(8-15)35(14-19(39-24)13-32-25(36)16-11-33-34-12-16)40(37,38)20-3-1-2-17(9-20)26(29,30)31/h1-12,19H,13-14H2,(H,32,36)(H,33,34)/t19-/m0/s1. The molecule has 1 aliphatic heterocycles. The van der Waals surface area contributed by atoms with E-state index in [0.29, 0.717) is 6.07 Å². The summed E-state index contributed by atoms with van der Waals surface area (Å²) in [5.74, 6) is -2.02. The zero-order valence-electron chi connectivity index (χ0n) is 20.2. The molecule has 0 fully saturated rings. The lowest BCUT2D eigenvalue weighted by atomic mass is 10.0. The molecule has 0 radical (unpaired) electrons. The number of nitrogens with one attached hydrogen (secondary N) is 2. The van der Waals surface area contributed by atoms with E-state index in [2.05, 4.69) is 15.5 Å². The molecule has 14 heteroatoms. The minimum atomic E-state index is -4.80. The number of hydrogen-bond donors (Lipinski definition) is 2. The molecule has 1 aliphatic rings. The van der Waals surface area contributed by atoms with Crippen LogP contribution >= 0.6 is 0 Å². The van der Waals surface area contributed by atoms with Gasteiger partial charge >= 0.3 is 6.18 Å². The Labute approximate surface area is 224 Å². The number of benzene rings is 3. The third kappa shape index (κ3) is 5.34. The Kier molecular flexibility index (Phi) is 6.96. The maximum atomic E-state index is 14.5. The number of nitrogens with zero attached hydrogens (tertiary/aromatic N) is 2. The van der Waals surface area contributed by atoms with Crippen molar-refractivity contribution in [2.45, 2.75) is 17.2 Å². The molecule has 208 valence electrons. The molecule has 5 rings (SSSR count). The van der Waals surface area contributed by atoms with Crippen LogP contribution in [-0.4, -0.2) is 43.7 Å². The molecule has 0 saturated heterocycles. The van der Waals surface area contributed by atoms with E-state index in [1.165, 1.54) is 30.6 Å². The largest absolute Gasteiger partial charge is 0.484 e. The number of aromatic nitrogens is 2. The summed E-state index contributed by atoms with van der Waals surface area (Å²) in [6.07, 6.45) is -3.12. The van der Waals surface area contributed by atoms with Crippen molar-refractivity contribution in [1.82, 2.24) is 15.5 Å². The second-order valence-electron chi connectivity index (χ2n) is 8.81. The monoisotopic (exact) mass is 578 g/mol. The lowest BCUT2D eigenvalue weighted by molar-refractivity contribution is -0.137. The Balaban J connectivity index is 1.55. The molecular formula is C26H19F5N4O4S. The minimum Gasteiger partial charge on any atom is -0.484 e. The fourth-order valence-electron chi connectivity index (χ4n) is 4.18. The molecule has 0 aliphatic carbocycles. The van der Waals surface area contributed by atoms with Crippen molar-refractivity contribution < 1.29 is 39.9 Å². The van der Waals surface area contributed by atoms with Crippen LogP contribution in [-0.2, 0) is 16.2 Å². The predicted molar refractivity (Wildman–Crippen MR) is 133 cm³/mol. The van der Waals surface area contributed by atoms with Gasteiger partial charge < -0.3 is 10.1 Å². The number of amides is 1. The number of aromatic amines is 1. The summed E-state index contributed by atoms with van der Waals surface area (Å²) in [4.78, 5) is 11.7. The zero-order valence-corrected chi connectivity index (χ0v) is 21.1. The van der Waals surface area contributed by atoms with Crippen molar-refractivity contribution in [3.05, 3.63) is 95.8 Å². The van der Waals surface area contributed by atoms with Gasteiger partial charge in [0.2, 0.25) is 0 Å². The van der Waals surface area contributed by atoms with Gasteiger partial charge in [-0.1, -0.05) is 12.1 Å². The zero-order chi connectivity index (χ0) is 28.7. The van der Waals surface area contributed by atoms with Crippen molar-refractivity contribution in [1.29, 1.82) is 0 Å². The highest BCUT2D eigenvalue weighted by molar-refractivity contribution is 7.92. The third-order valence-corrected chi connectivity index (χ3v) is 7.91. The van der Waals surface area contributed by atoms with Crippen LogP contribution in [0, 0.1) is 11.6 Å². The number of sulfonamides is 1. The van der Waals surface area contributed by atoms with Crippen LogP contribution in [0.5, 0.6) is 5.75 Å². The number of halogens is 5. The molecule has 1 atom stereocenters. The summed E-state index contributed by atoms with van der Waals surface area (Å²) < 4.78 is 103. The first-order chi connectivity index (χ1) is 18.9. The van der Waals surface area contributed by atoms with E-state index < -0.39 is 56.8 Å². The lowest BCUT2D eigenvalue weighted by Crippen LogP contribution is -2.48. The highest BCUT2D eigenvalue weighted by Gasteiger charge is 2.37. The Morgan fingerprint density at radius 3 is 2.62 bits per heavy atom. The van der Waals surface area contributed by atoms with E-state index in [-0.39, 0.29) is 34.7 Å². The summed E-state index contributed by atoms with van der Waals surface area (Å²) >= 11 is 0. The molecule has 0 saturated carbocycles. The molecule has 0 bridgehead atoms. The Morgan fingerprint density at radius 1 is 1.10 bits per heavy atom. The Morgan fingerprint density at radius 2 is 1.90 bits per heavy atom. The summed E-state index contributed by atoms with van der Waals surface area (Å²) in [5.41, 5.74) is -1.10. The van der Waals surface area contributed by atoms with E-state index >= 15 is 0 Å². The summed E-state index contributed by atoms with van der Waals surface area (Å²) in [7, 11) is -4.63. The highest BCUT2D eigenvalue weighted by Crippen LogP contribution is 2.41. The van der Waals surface area contributed by atoms with Gasteiger partial charge in [0.05, 0.1) is 41.0 Å². The highest BCUT2D eigenvalue weighted by atomic mass is 32.2. The van der Waals surface area contributed by atoms with E-state index in [1.807, 2.05) is 0 Å². The number of fused-ring (bicyclic) bond motifs is 1. The van der Waals surface area contributed by atoms with Crippen molar-refractivity contribution in [3.63, 3.8) is 0 Å². The van der Waals surface area contributed by atoms with Crippen LogP contribution in [0.25, 0.3) is 11.1 Å². The lowest BCUT2D eigenvalue weighted by Gasteiger charge is -2.36. The van der Waals surface area contributed by atoms with Crippen LogP contribution in [0.1, 0.15) is 15.9 Å². The van der Waals surface area contributed by atoms with Crippen LogP contribution in [0.4, 0.5) is 27.6 Å². The molecule has 2 heterocycles. The van der Waals surface area contributed by atoms with Gasteiger partial charge in [-0.25, -0.2) is 17.2 Å². The van der Waals surface area contributed by atoms with Gasteiger partial charge in [-0.3, -0.25) is 14.2 Å². The predicted octanol–water partition coefficient (Wildman–Crippen LogP) is 4.76. The Hall–Kier alpha value is -4.46. The summed E-state index contributed by atoms with van der Waals surface area (Å²) in [6.45, 7) is -0.579. The first kappa shape index (κ1) is 27.1. The molecule has 40 heavy (non-hydrogen) atoms. The molecule has 1 aromatic heterocycles. The van der Waals surface area contributed by atoms with E-state index in [4.69, 9.17) is 4.74 Å². The van der Waals surface area contributed by atoms with E-state index in [1.54, 1.807) is 0 Å². The van der Waals surface area contributed by atoms with Crippen LogP contribution in [0.3, 0.4) is 0 Å². The molecule has 3 aromatic carbocycles. The Bertz CT molecular complexity index is 1680. The molecule has 0 spiro atoms. The van der Waals surface area contributed by atoms with Gasteiger partial charge in [0.1, 0.15) is 23.5 Å². The number of H-pyrrole nitrogens is 1.